The maximum atomic E-state index is 13.3. The van der Waals surface area contributed by atoms with E-state index < -0.39 is 66.4 Å². The van der Waals surface area contributed by atoms with E-state index in [2.05, 4.69) is 0 Å². The average Bonchev–Trinajstić information content (AvgIpc) is 3.27. The van der Waals surface area contributed by atoms with Crippen molar-refractivity contribution < 1.29 is 53.4 Å². The number of phenols is 1. The first kappa shape index (κ1) is 29.3. The number of carboxylic acids is 1. The molecule has 1 saturated heterocycles. The van der Waals surface area contributed by atoms with Gasteiger partial charge in [0.2, 0.25) is 6.10 Å². The number of aryl methyl sites for hydroxylation is 1. The van der Waals surface area contributed by atoms with Crippen LogP contribution in [0.5, 0.6) is 11.5 Å². The third kappa shape index (κ3) is 4.90. The normalized spacial score (nSPS) is 27.7. The lowest BCUT2D eigenvalue weighted by Crippen LogP contribution is -2.71. The lowest BCUT2D eigenvalue weighted by Gasteiger charge is -2.58. The number of aliphatic hydroxyl groups is 1. The highest BCUT2D eigenvalue weighted by atomic mass is 16.6. The number of nitrogens with zero attached hydrogens (tertiary/aromatic N) is 1. The van der Waals surface area contributed by atoms with Crippen LogP contribution in [0, 0.1) is 6.92 Å². The second-order valence-electron chi connectivity index (χ2n) is 10.5. The van der Waals surface area contributed by atoms with Crippen molar-refractivity contribution in [2.24, 2.45) is 0 Å². The van der Waals surface area contributed by atoms with Crippen molar-refractivity contribution >= 4 is 23.9 Å². The Labute approximate surface area is 231 Å². The summed E-state index contributed by atoms with van der Waals surface area (Å²) in [6.07, 6.45) is -2.30. The number of rotatable bonds is 9. The van der Waals surface area contributed by atoms with Gasteiger partial charge < -0.3 is 39.2 Å². The van der Waals surface area contributed by atoms with Crippen LogP contribution in [0.1, 0.15) is 57.1 Å². The number of aliphatic carboxylic acids is 1. The molecule has 1 aliphatic carbocycles. The second-order valence-corrected chi connectivity index (χ2v) is 10.5. The number of carboxylic acid groups (broad SMARTS) is 1. The monoisotopic (exact) mass is 561 g/mol. The van der Waals surface area contributed by atoms with Gasteiger partial charge in [0.15, 0.2) is 17.6 Å². The van der Waals surface area contributed by atoms with E-state index in [0.717, 1.165) is 5.56 Å². The molecule has 0 bridgehead atoms. The van der Waals surface area contributed by atoms with Gasteiger partial charge in [0, 0.05) is 18.0 Å². The minimum absolute atomic E-state index is 0.0312. The summed E-state index contributed by atoms with van der Waals surface area (Å²) in [4.78, 5) is 50.6. The molecular weight excluding hydrogens is 526 g/mol. The van der Waals surface area contributed by atoms with Gasteiger partial charge in [-0.3, -0.25) is 14.4 Å². The van der Waals surface area contributed by atoms with Crippen LogP contribution < -0.4 is 4.74 Å². The number of phenolic OH excluding ortho intramolecular Hbond substituents is 1. The molecule has 3 N–H and O–H groups in total. The fourth-order valence-electron chi connectivity index (χ4n) is 6.16. The average molecular weight is 562 g/mol. The smallest absolute Gasteiger partial charge is 0.353 e. The number of piperidine rings is 1. The fourth-order valence-corrected chi connectivity index (χ4v) is 6.16. The van der Waals surface area contributed by atoms with Crippen molar-refractivity contribution in [1.82, 2.24) is 4.90 Å². The Morgan fingerprint density at radius 1 is 1.20 bits per heavy atom. The van der Waals surface area contributed by atoms with Crippen molar-refractivity contribution in [3.05, 3.63) is 35.1 Å². The van der Waals surface area contributed by atoms with Gasteiger partial charge in [-0.2, -0.15) is 0 Å². The van der Waals surface area contributed by atoms with Crippen LogP contribution in [0.4, 0.5) is 0 Å². The lowest BCUT2D eigenvalue weighted by atomic mass is 9.54. The zero-order valence-corrected chi connectivity index (χ0v) is 23.0. The quantitative estimate of drug-likeness (QED) is 0.295. The SMILES string of the molecule is CCOC(=O)C[C@H](OC(=O)CCC(=O)O)C(=O)OC1=CC[C@@]2(O)[C@@H](C)N(C)CC[C@@]23c2c(C)ccc(O)c2O[C@@H]13. The highest BCUT2D eigenvalue weighted by molar-refractivity contribution is 5.86. The van der Waals surface area contributed by atoms with Crippen molar-refractivity contribution in [1.29, 1.82) is 0 Å². The molecule has 12 heteroatoms. The molecular formula is C28H35NO11. The third-order valence-electron chi connectivity index (χ3n) is 8.29. The number of hydrogen-bond acceptors (Lipinski definition) is 11. The van der Waals surface area contributed by atoms with E-state index in [4.69, 9.17) is 24.1 Å². The molecule has 5 atom stereocenters. The Morgan fingerprint density at radius 2 is 1.93 bits per heavy atom. The molecule has 0 saturated carbocycles. The molecule has 1 fully saturated rings. The predicted octanol–water partition coefficient (Wildman–Crippen LogP) is 1.72. The molecule has 1 aromatic carbocycles. The second kappa shape index (κ2) is 11.1. The molecule has 40 heavy (non-hydrogen) atoms. The minimum Gasteiger partial charge on any atom is -0.504 e. The summed E-state index contributed by atoms with van der Waals surface area (Å²) in [6, 6.07) is 2.93. The summed E-state index contributed by atoms with van der Waals surface area (Å²) in [6.45, 7) is 5.96. The lowest BCUT2D eigenvalue weighted by molar-refractivity contribution is -0.175. The van der Waals surface area contributed by atoms with E-state index in [1.54, 1.807) is 19.1 Å². The molecule has 1 aromatic rings. The molecule has 3 aliphatic rings. The van der Waals surface area contributed by atoms with Crippen LogP contribution in [0.15, 0.2) is 24.0 Å². The number of carbonyl (C=O) groups excluding carboxylic acids is 3. The van der Waals surface area contributed by atoms with E-state index in [9.17, 15) is 29.4 Å². The summed E-state index contributed by atoms with van der Waals surface area (Å²) in [5.74, 6) is -3.97. The number of carbonyl (C=O) groups is 4. The van der Waals surface area contributed by atoms with E-state index in [1.807, 2.05) is 25.8 Å². The molecule has 2 heterocycles. The molecule has 218 valence electrons. The van der Waals surface area contributed by atoms with E-state index in [0.29, 0.717) is 18.5 Å². The Hall–Kier alpha value is -3.64. The van der Waals surface area contributed by atoms with Crippen LogP contribution in [0.3, 0.4) is 0 Å². The molecule has 0 amide bonds. The summed E-state index contributed by atoms with van der Waals surface area (Å²) >= 11 is 0. The number of fused-ring (bicyclic) bond motifs is 1. The molecule has 12 nitrogen and oxygen atoms in total. The maximum absolute atomic E-state index is 13.3. The first-order chi connectivity index (χ1) is 18.9. The van der Waals surface area contributed by atoms with Crippen molar-refractivity contribution in [2.45, 2.75) is 82.1 Å². The van der Waals surface area contributed by atoms with Gasteiger partial charge in [-0.15, -0.1) is 0 Å². The van der Waals surface area contributed by atoms with Crippen LogP contribution in [0.25, 0.3) is 0 Å². The number of hydrogen-bond donors (Lipinski definition) is 3. The van der Waals surface area contributed by atoms with Gasteiger partial charge in [0.25, 0.3) is 0 Å². The van der Waals surface area contributed by atoms with E-state index in [1.165, 1.54) is 6.07 Å². The maximum Gasteiger partial charge on any atom is 0.353 e. The molecule has 1 spiro atoms. The van der Waals surface area contributed by atoms with Gasteiger partial charge in [0.1, 0.15) is 5.76 Å². The summed E-state index contributed by atoms with van der Waals surface area (Å²) in [7, 11) is 1.91. The topological polar surface area (TPSA) is 169 Å². The van der Waals surface area contributed by atoms with Crippen LogP contribution in [-0.4, -0.2) is 88.1 Å². The van der Waals surface area contributed by atoms with Crippen molar-refractivity contribution in [2.75, 3.05) is 20.2 Å². The standard InChI is InChI=1S/C28H35NO11/c1-5-37-22(34)14-19(38-21(33)9-8-20(31)32)26(35)39-18-10-11-28(36)16(3)29(4)13-12-27(28)23-15(2)6-7-17(30)24(23)40-25(18)27/h6-7,10,16,19,25,30,36H,5,8-9,11-14H2,1-4H3,(H,31,32)/t16-,19+,25+,27+,28-/m1/s1. The number of likely N-dealkylation sites (N-methyl/N-ethyl adjacent to an activating group) is 1. The summed E-state index contributed by atoms with van der Waals surface area (Å²) in [5, 5.41) is 31.8. The van der Waals surface area contributed by atoms with Crippen LogP contribution >= 0.6 is 0 Å². The highest BCUT2D eigenvalue weighted by Crippen LogP contribution is 2.62. The van der Waals surface area contributed by atoms with Gasteiger partial charge >= 0.3 is 23.9 Å². The van der Waals surface area contributed by atoms with Crippen LogP contribution in [0.2, 0.25) is 0 Å². The van der Waals surface area contributed by atoms with Crippen LogP contribution in [-0.2, 0) is 38.8 Å². The number of benzene rings is 1. The minimum atomic E-state index is -1.70. The molecule has 4 rings (SSSR count). The predicted molar refractivity (Wildman–Crippen MR) is 137 cm³/mol. The van der Waals surface area contributed by atoms with Gasteiger partial charge in [0.05, 0.1) is 36.9 Å². The molecule has 0 unspecified atom stereocenters. The Morgan fingerprint density at radius 3 is 2.60 bits per heavy atom. The Kier molecular flexibility index (Phi) is 8.13. The first-order valence-corrected chi connectivity index (χ1v) is 13.3. The molecule has 2 aliphatic heterocycles. The summed E-state index contributed by atoms with van der Waals surface area (Å²) < 4.78 is 22.0. The Bertz CT molecular complexity index is 1240. The number of esters is 3. The zero-order chi connectivity index (χ0) is 29.4. The zero-order valence-electron chi connectivity index (χ0n) is 23.0. The van der Waals surface area contributed by atoms with E-state index >= 15 is 0 Å². The number of likely N-dealkylation sites (tertiary alicyclic amines) is 1. The summed E-state index contributed by atoms with van der Waals surface area (Å²) in [5.41, 5.74) is -0.982. The number of aromatic hydroxyl groups is 1. The molecule has 0 aromatic heterocycles. The number of ether oxygens (including phenoxy) is 4. The largest absolute Gasteiger partial charge is 0.504 e. The third-order valence-corrected chi connectivity index (χ3v) is 8.29. The van der Waals surface area contributed by atoms with Gasteiger partial charge in [-0.1, -0.05) is 6.07 Å². The van der Waals surface area contributed by atoms with E-state index in [-0.39, 0.29) is 36.3 Å². The van der Waals surface area contributed by atoms with Gasteiger partial charge in [-0.05, 0) is 58.5 Å². The molecule has 0 radical (unpaired) electrons. The fraction of sp³-hybridized carbons (Fsp3) is 0.571. The van der Waals surface area contributed by atoms with Crippen molar-refractivity contribution in [3.63, 3.8) is 0 Å². The first-order valence-electron chi connectivity index (χ1n) is 13.3. The van der Waals surface area contributed by atoms with Crippen molar-refractivity contribution in [3.8, 4) is 11.5 Å². The van der Waals surface area contributed by atoms with Gasteiger partial charge in [-0.25, -0.2) is 4.79 Å². The highest BCUT2D eigenvalue weighted by Gasteiger charge is 2.69. The Balaban J connectivity index is 1.68.